The summed E-state index contributed by atoms with van der Waals surface area (Å²) in [6, 6.07) is 67.2. The van der Waals surface area contributed by atoms with Gasteiger partial charge in [-0.05, 0) is 136 Å². The molecule has 0 radical (unpaired) electrons. The fourth-order valence-corrected chi connectivity index (χ4v) is 8.09. The summed E-state index contributed by atoms with van der Waals surface area (Å²) in [6.45, 7) is 0. The first-order valence-electron chi connectivity index (χ1n) is 17.1. The molecule has 0 heteroatoms. The van der Waals surface area contributed by atoms with Crippen LogP contribution >= 0.6 is 0 Å². The normalized spacial score (nSPS) is 12.0. The Morgan fingerprint density at radius 3 is 1.41 bits per heavy atom. The Bertz CT molecular complexity index is 2680. The first-order chi connectivity index (χ1) is 24.3. The molecule has 228 valence electrons. The zero-order valence-corrected chi connectivity index (χ0v) is 27.0. The molecule has 0 N–H and O–H groups in total. The predicted molar refractivity (Wildman–Crippen MR) is 209 cm³/mol. The minimum absolute atomic E-state index is 0.934. The van der Waals surface area contributed by atoms with Gasteiger partial charge in [-0.25, -0.2) is 0 Å². The average Bonchev–Trinajstić information content (AvgIpc) is 3.56. The number of benzene rings is 9. The van der Waals surface area contributed by atoms with E-state index in [1.807, 2.05) is 0 Å². The molecule has 9 aromatic rings. The molecule has 0 amide bonds. The number of hydrogen-bond donors (Lipinski definition) is 0. The minimum atomic E-state index is 0.934. The summed E-state index contributed by atoms with van der Waals surface area (Å²) < 4.78 is 0. The smallest absolute Gasteiger partial charge is 0.000727 e. The van der Waals surface area contributed by atoms with Crippen LogP contribution in [0.3, 0.4) is 0 Å². The van der Waals surface area contributed by atoms with Gasteiger partial charge < -0.3 is 0 Å². The second kappa shape index (κ2) is 11.2. The summed E-state index contributed by atoms with van der Waals surface area (Å²) in [6.07, 6.45) is 0.934. The van der Waals surface area contributed by atoms with Crippen molar-refractivity contribution in [1.29, 1.82) is 0 Å². The third-order valence-corrected chi connectivity index (χ3v) is 10.5. The van der Waals surface area contributed by atoms with Crippen LogP contribution in [0.15, 0.2) is 182 Å². The van der Waals surface area contributed by atoms with Crippen LogP contribution < -0.4 is 0 Å². The average molecular weight is 621 g/mol. The zero-order valence-electron chi connectivity index (χ0n) is 27.0. The van der Waals surface area contributed by atoms with Gasteiger partial charge in [0.2, 0.25) is 0 Å². The van der Waals surface area contributed by atoms with E-state index in [2.05, 4.69) is 182 Å². The second-order valence-corrected chi connectivity index (χ2v) is 13.3. The van der Waals surface area contributed by atoms with E-state index in [9.17, 15) is 0 Å². The van der Waals surface area contributed by atoms with E-state index in [4.69, 9.17) is 0 Å². The van der Waals surface area contributed by atoms with Gasteiger partial charge in [0.05, 0.1) is 0 Å². The summed E-state index contributed by atoms with van der Waals surface area (Å²) >= 11 is 0. The van der Waals surface area contributed by atoms with E-state index >= 15 is 0 Å². The topological polar surface area (TPSA) is 0 Å². The molecule has 0 atom stereocenters. The molecule has 0 fully saturated rings. The van der Waals surface area contributed by atoms with Crippen molar-refractivity contribution in [3.8, 4) is 55.6 Å². The van der Waals surface area contributed by atoms with Crippen LogP contribution in [-0.2, 0) is 6.42 Å². The SMILES string of the molecule is c1ccc(-c2ccc3c(c2)-c2cc(-c4ccccc4)cc(-c4cccc(-c5ccc6c7ccccc7c7ccccc7c6c5)c4)c2C3)cc1. The van der Waals surface area contributed by atoms with Gasteiger partial charge in [-0.3, -0.25) is 0 Å². The van der Waals surface area contributed by atoms with E-state index in [1.54, 1.807) is 0 Å². The van der Waals surface area contributed by atoms with Crippen LogP contribution in [0.25, 0.3) is 88.0 Å². The molecule has 0 unspecified atom stereocenters. The predicted octanol–water partition coefficient (Wildman–Crippen LogP) is 13.4. The molecule has 1 aliphatic carbocycles. The highest BCUT2D eigenvalue weighted by Crippen LogP contribution is 2.46. The third-order valence-electron chi connectivity index (χ3n) is 10.5. The lowest BCUT2D eigenvalue weighted by molar-refractivity contribution is 1.26. The molecule has 0 saturated heterocycles. The Hall–Kier alpha value is -6.24. The monoisotopic (exact) mass is 620 g/mol. The van der Waals surface area contributed by atoms with Crippen LogP contribution in [0.1, 0.15) is 11.1 Å². The summed E-state index contributed by atoms with van der Waals surface area (Å²) in [5.41, 5.74) is 15.5. The van der Waals surface area contributed by atoms with Crippen molar-refractivity contribution in [1.82, 2.24) is 0 Å². The van der Waals surface area contributed by atoms with Crippen molar-refractivity contribution in [2.45, 2.75) is 6.42 Å². The molecule has 0 nitrogen and oxygen atoms in total. The van der Waals surface area contributed by atoms with Crippen molar-refractivity contribution in [2.24, 2.45) is 0 Å². The van der Waals surface area contributed by atoms with E-state index in [0.717, 1.165) is 6.42 Å². The summed E-state index contributed by atoms with van der Waals surface area (Å²) in [5.74, 6) is 0. The van der Waals surface area contributed by atoms with Crippen LogP contribution in [0, 0.1) is 0 Å². The molecule has 0 saturated carbocycles. The van der Waals surface area contributed by atoms with E-state index in [0.29, 0.717) is 0 Å². The molecular formula is C49H32. The maximum atomic E-state index is 2.41. The molecule has 0 spiro atoms. The van der Waals surface area contributed by atoms with Crippen LogP contribution in [0.5, 0.6) is 0 Å². The van der Waals surface area contributed by atoms with Gasteiger partial charge in [-0.15, -0.1) is 0 Å². The lowest BCUT2D eigenvalue weighted by Crippen LogP contribution is -1.91. The third kappa shape index (κ3) is 4.60. The maximum absolute atomic E-state index is 2.41. The van der Waals surface area contributed by atoms with Crippen LogP contribution in [0.4, 0.5) is 0 Å². The van der Waals surface area contributed by atoms with Gasteiger partial charge in [-0.2, -0.15) is 0 Å². The molecule has 0 bridgehead atoms. The Kier molecular flexibility index (Phi) is 6.35. The molecule has 1 aliphatic rings. The fourth-order valence-electron chi connectivity index (χ4n) is 8.09. The minimum Gasteiger partial charge on any atom is -0.0622 e. The van der Waals surface area contributed by atoms with Crippen molar-refractivity contribution < 1.29 is 0 Å². The Morgan fingerprint density at radius 1 is 0.245 bits per heavy atom. The molecule has 9 aromatic carbocycles. The summed E-state index contributed by atoms with van der Waals surface area (Å²) in [5, 5.41) is 7.82. The van der Waals surface area contributed by atoms with Crippen LogP contribution in [-0.4, -0.2) is 0 Å². The lowest BCUT2D eigenvalue weighted by atomic mass is 9.89. The largest absolute Gasteiger partial charge is 0.0622 e. The van der Waals surface area contributed by atoms with Crippen molar-refractivity contribution in [2.75, 3.05) is 0 Å². The highest BCUT2D eigenvalue weighted by molar-refractivity contribution is 6.25. The summed E-state index contributed by atoms with van der Waals surface area (Å²) in [7, 11) is 0. The van der Waals surface area contributed by atoms with Crippen molar-refractivity contribution in [3.05, 3.63) is 193 Å². The highest BCUT2D eigenvalue weighted by atomic mass is 14.3. The van der Waals surface area contributed by atoms with Gasteiger partial charge in [0.1, 0.15) is 0 Å². The Labute approximate surface area is 286 Å². The standard InChI is InChI=1S/C49H32/c1-3-12-32(13-4-1)35-22-23-38-29-48-46(30-39(31-49(48)45(38)27-35)33-14-5-2-6-15-33)37-17-11-16-34(26-37)36-24-25-44-42-20-8-7-18-40(42)41-19-9-10-21-43(41)47(44)28-36/h1-28,30-31H,29H2. The molecule has 49 heavy (non-hydrogen) atoms. The number of fused-ring (bicyclic) bond motifs is 9. The molecular weight excluding hydrogens is 589 g/mol. The molecule has 0 heterocycles. The van der Waals surface area contributed by atoms with E-state index in [-0.39, 0.29) is 0 Å². The number of hydrogen-bond acceptors (Lipinski definition) is 0. The molecule has 0 aromatic heterocycles. The number of rotatable bonds is 4. The zero-order chi connectivity index (χ0) is 32.3. The van der Waals surface area contributed by atoms with Crippen molar-refractivity contribution in [3.63, 3.8) is 0 Å². The Balaban J connectivity index is 1.15. The first kappa shape index (κ1) is 27.8. The highest BCUT2D eigenvalue weighted by Gasteiger charge is 2.24. The quantitative estimate of drug-likeness (QED) is 0.172. The maximum Gasteiger partial charge on any atom is -0.000727 e. The molecule has 0 aliphatic heterocycles. The molecule has 10 rings (SSSR count). The van der Waals surface area contributed by atoms with E-state index < -0.39 is 0 Å². The Morgan fingerprint density at radius 2 is 0.714 bits per heavy atom. The van der Waals surface area contributed by atoms with Crippen LogP contribution in [0.2, 0.25) is 0 Å². The summed E-state index contributed by atoms with van der Waals surface area (Å²) in [4.78, 5) is 0. The van der Waals surface area contributed by atoms with Gasteiger partial charge >= 0.3 is 0 Å². The van der Waals surface area contributed by atoms with Gasteiger partial charge in [0.15, 0.2) is 0 Å². The van der Waals surface area contributed by atoms with Gasteiger partial charge in [-0.1, -0.05) is 152 Å². The van der Waals surface area contributed by atoms with E-state index in [1.165, 1.54) is 99.1 Å². The fraction of sp³-hybridized carbons (Fsp3) is 0.0204. The van der Waals surface area contributed by atoms with Gasteiger partial charge in [0.25, 0.3) is 0 Å². The van der Waals surface area contributed by atoms with Gasteiger partial charge in [0, 0.05) is 0 Å². The second-order valence-electron chi connectivity index (χ2n) is 13.3. The lowest BCUT2D eigenvalue weighted by Gasteiger charge is -2.15. The van der Waals surface area contributed by atoms with Crippen molar-refractivity contribution >= 4 is 32.3 Å². The first-order valence-corrected chi connectivity index (χ1v) is 17.1.